The molecule has 0 aliphatic rings. The van der Waals surface area contributed by atoms with E-state index in [1.54, 1.807) is 0 Å². The SMILES string of the molecule is CC=CC(C)CCCC. The Morgan fingerprint density at radius 3 is 2.56 bits per heavy atom. The summed E-state index contributed by atoms with van der Waals surface area (Å²) in [6.45, 7) is 6.60. The Balaban J connectivity index is 3.15. The quantitative estimate of drug-likeness (QED) is 0.506. The Kier molecular flexibility index (Phi) is 5.70. The summed E-state index contributed by atoms with van der Waals surface area (Å²) in [5, 5.41) is 0. The molecule has 0 saturated heterocycles. The van der Waals surface area contributed by atoms with E-state index >= 15 is 0 Å². The molecule has 0 nitrogen and oxygen atoms in total. The third kappa shape index (κ3) is 5.61. The van der Waals surface area contributed by atoms with E-state index in [-0.39, 0.29) is 0 Å². The van der Waals surface area contributed by atoms with Crippen molar-refractivity contribution in [3.63, 3.8) is 0 Å². The fraction of sp³-hybridized carbons (Fsp3) is 0.778. The Hall–Kier alpha value is -0.260. The van der Waals surface area contributed by atoms with Crippen LogP contribution < -0.4 is 0 Å². The Labute approximate surface area is 59.0 Å². The third-order valence-corrected chi connectivity index (χ3v) is 1.53. The van der Waals surface area contributed by atoms with Crippen LogP contribution in [0.15, 0.2) is 12.2 Å². The standard InChI is InChI=1S/C9H18/c1-4-6-8-9(3)7-5-2/h5,7,9H,4,6,8H2,1-3H3. The van der Waals surface area contributed by atoms with Crippen molar-refractivity contribution in [3.8, 4) is 0 Å². The van der Waals surface area contributed by atoms with Crippen LogP contribution in [0.3, 0.4) is 0 Å². The number of hydrogen-bond donors (Lipinski definition) is 0. The van der Waals surface area contributed by atoms with E-state index in [2.05, 4.69) is 32.9 Å². The second-order valence-corrected chi connectivity index (χ2v) is 2.65. The van der Waals surface area contributed by atoms with E-state index in [9.17, 15) is 0 Å². The molecule has 0 spiro atoms. The molecule has 0 N–H and O–H groups in total. The van der Waals surface area contributed by atoms with Crippen LogP contribution in [-0.4, -0.2) is 0 Å². The lowest BCUT2D eigenvalue weighted by Gasteiger charge is -2.02. The van der Waals surface area contributed by atoms with Gasteiger partial charge in [-0.25, -0.2) is 0 Å². The van der Waals surface area contributed by atoms with Crippen LogP contribution in [0, 0.1) is 5.92 Å². The second kappa shape index (κ2) is 5.87. The first-order valence-electron chi connectivity index (χ1n) is 3.94. The molecule has 0 radical (unpaired) electrons. The second-order valence-electron chi connectivity index (χ2n) is 2.65. The van der Waals surface area contributed by atoms with Gasteiger partial charge in [-0.3, -0.25) is 0 Å². The fourth-order valence-electron chi connectivity index (χ4n) is 0.951. The zero-order chi connectivity index (χ0) is 7.11. The van der Waals surface area contributed by atoms with Crippen molar-refractivity contribution in [1.82, 2.24) is 0 Å². The zero-order valence-electron chi connectivity index (χ0n) is 6.85. The number of rotatable bonds is 4. The van der Waals surface area contributed by atoms with Crippen LogP contribution in [0.4, 0.5) is 0 Å². The van der Waals surface area contributed by atoms with Gasteiger partial charge in [0.05, 0.1) is 0 Å². The van der Waals surface area contributed by atoms with Crippen LogP contribution >= 0.6 is 0 Å². The summed E-state index contributed by atoms with van der Waals surface area (Å²) >= 11 is 0. The lowest BCUT2D eigenvalue weighted by Crippen LogP contribution is -1.87. The summed E-state index contributed by atoms with van der Waals surface area (Å²) in [5.41, 5.74) is 0. The smallest absolute Gasteiger partial charge is 0.0262 e. The van der Waals surface area contributed by atoms with E-state index in [1.807, 2.05) is 0 Å². The first-order chi connectivity index (χ1) is 4.31. The third-order valence-electron chi connectivity index (χ3n) is 1.53. The molecule has 0 heteroatoms. The highest BCUT2D eigenvalue weighted by Crippen LogP contribution is 2.07. The van der Waals surface area contributed by atoms with Gasteiger partial charge in [-0.15, -0.1) is 0 Å². The lowest BCUT2D eigenvalue weighted by atomic mass is 10.0. The first kappa shape index (κ1) is 8.74. The van der Waals surface area contributed by atoms with Gasteiger partial charge in [0.25, 0.3) is 0 Å². The van der Waals surface area contributed by atoms with Crippen molar-refractivity contribution in [1.29, 1.82) is 0 Å². The van der Waals surface area contributed by atoms with Gasteiger partial charge in [0.15, 0.2) is 0 Å². The van der Waals surface area contributed by atoms with Crippen LogP contribution in [0.5, 0.6) is 0 Å². The normalized spacial score (nSPS) is 14.6. The molecule has 0 aliphatic carbocycles. The van der Waals surface area contributed by atoms with Crippen molar-refractivity contribution in [3.05, 3.63) is 12.2 Å². The van der Waals surface area contributed by atoms with Gasteiger partial charge < -0.3 is 0 Å². The maximum absolute atomic E-state index is 2.27. The van der Waals surface area contributed by atoms with Gasteiger partial charge in [0, 0.05) is 0 Å². The minimum absolute atomic E-state index is 0.787. The minimum atomic E-state index is 0.787. The largest absolute Gasteiger partial charge is 0.0914 e. The van der Waals surface area contributed by atoms with Crippen LogP contribution in [-0.2, 0) is 0 Å². The van der Waals surface area contributed by atoms with Gasteiger partial charge in [0.2, 0.25) is 0 Å². The summed E-state index contributed by atoms with van der Waals surface area (Å²) < 4.78 is 0. The molecule has 0 heterocycles. The molecule has 54 valence electrons. The van der Waals surface area contributed by atoms with Gasteiger partial charge >= 0.3 is 0 Å². The van der Waals surface area contributed by atoms with Crippen molar-refractivity contribution < 1.29 is 0 Å². The maximum Gasteiger partial charge on any atom is -0.0262 e. The van der Waals surface area contributed by atoms with E-state index in [1.165, 1.54) is 19.3 Å². The van der Waals surface area contributed by atoms with Crippen molar-refractivity contribution in [2.75, 3.05) is 0 Å². The molecule has 0 aromatic carbocycles. The summed E-state index contributed by atoms with van der Waals surface area (Å²) in [7, 11) is 0. The topological polar surface area (TPSA) is 0 Å². The summed E-state index contributed by atoms with van der Waals surface area (Å²) in [4.78, 5) is 0. The molecular formula is C9H18. The summed E-state index contributed by atoms with van der Waals surface area (Å²) in [5.74, 6) is 0.787. The van der Waals surface area contributed by atoms with Crippen LogP contribution in [0.2, 0.25) is 0 Å². The zero-order valence-corrected chi connectivity index (χ0v) is 6.85. The van der Waals surface area contributed by atoms with Crippen molar-refractivity contribution in [2.24, 2.45) is 5.92 Å². The Morgan fingerprint density at radius 2 is 2.11 bits per heavy atom. The average Bonchev–Trinajstić information content (AvgIpc) is 1.85. The maximum atomic E-state index is 2.27. The van der Waals surface area contributed by atoms with E-state index in [0.29, 0.717) is 0 Å². The minimum Gasteiger partial charge on any atom is -0.0914 e. The first-order valence-corrected chi connectivity index (χ1v) is 3.94. The molecule has 0 amide bonds. The molecule has 0 bridgehead atoms. The van der Waals surface area contributed by atoms with E-state index in [4.69, 9.17) is 0 Å². The van der Waals surface area contributed by atoms with Crippen molar-refractivity contribution in [2.45, 2.75) is 40.0 Å². The summed E-state index contributed by atoms with van der Waals surface area (Å²) in [6, 6.07) is 0. The van der Waals surface area contributed by atoms with Gasteiger partial charge in [0.1, 0.15) is 0 Å². The molecule has 0 aromatic rings. The predicted molar refractivity (Wildman–Crippen MR) is 43.5 cm³/mol. The molecule has 1 unspecified atom stereocenters. The molecule has 0 rings (SSSR count). The van der Waals surface area contributed by atoms with E-state index < -0.39 is 0 Å². The Morgan fingerprint density at radius 1 is 1.44 bits per heavy atom. The number of allylic oxidation sites excluding steroid dienone is 2. The molecule has 9 heavy (non-hydrogen) atoms. The van der Waals surface area contributed by atoms with Gasteiger partial charge in [-0.05, 0) is 19.3 Å². The van der Waals surface area contributed by atoms with E-state index in [0.717, 1.165) is 5.92 Å². The molecular weight excluding hydrogens is 108 g/mol. The number of unbranched alkanes of at least 4 members (excludes halogenated alkanes) is 1. The highest BCUT2D eigenvalue weighted by Gasteiger charge is 1.92. The Bertz CT molecular complexity index is 72.1. The molecule has 0 fully saturated rings. The van der Waals surface area contributed by atoms with Gasteiger partial charge in [-0.2, -0.15) is 0 Å². The van der Waals surface area contributed by atoms with Gasteiger partial charge in [-0.1, -0.05) is 38.8 Å². The number of hydrogen-bond acceptors (Lipinski definition) is 0. The fourth-order valence-corrected chi connectivity index (χ4v) is 0.951. The molecule has 1 atom stereocenters. The van der Waals surface area contributed by atoms with Crippen LogP contribution in [0.1, 0.15) is 40.0 Å². The highest BCUT2D eigenvalue weighted by atomic mass is 14.0. The van der Waals surface area contributed by atoms with Crippen molar-refractivity contribution >= 4 is 0 Å². The molecule has 0 aromatic heterocycles. The van der Waals surface area contributed by atoms with Crippen LogP contribution in [0.25, 0.3) is 0 Å². The lowest BCUT2D eigenvalue weighted by molar-refractivity contribution is 0.598. The average molecular weight is 126 g/mol. The molecule has 0 saturated carbocycles. The predicted octanol–water partition coefficient (Wildman–Crippen LogP) is 3.39. The highest BCUT2D eigenvalue weighted by molar-refractivity contribution is 4.82. The molecule has 0 aliphatic heterocycles. The summed E-state index contributed by atoms with van der Waals surface area (Å²) in [6.07, 6.45) is 8.45. The monoisotopic (exact) mass is 126 g/mol.